The van der Waals surface area contributed by atoms with E-state index >= 15 is 0 Å². The van der Waals surface area contributed by atoms with E-state index in [0.29, 0.717) is 27.6 Å². The average molecular weight is 429 g/mol. The predicted molar refractivity (Wildman–Crippen MR) is 112 cm³/mol. The van der Waals surface area contributed by atoms with Gasteiger partial charge in [0.1, 0.15) is 10.7 Å². The van der Waals surface area contributed by atoms with Crippen molar-refractivity contribution in [1.29, 1.82) is 0 Å². The normalized spacial score (nSPS) is 10.8. The second kappa shape index (κ2) is 7.58. The van der Waals surface area contributed by atoms with E-state index in [2.05, 4.69) is 15.3 Å². The van der Waals surface area contributed by atoms with Crippen LogP contribution in [0.25, 0.3) is 21.8 Å². The Morgan fingerprint density at radius 2 is 1.96 bits per heavy atom. The largest absolute Gasteiger partial charge is 0.296 e. The molecule has 3 aromatic heterocycles. The molecule has 28 heavy (non-hydrogen) atoms. The zero-order valence-corrected chi connectivity index (χ0v) is 16.9. The van der Waals surface area contributed by atoms with E-state index in [-0.39, 0.29) is 11.6 Å². The Balaban J connectivity index is 1.51. The summed E-state index contributed by atoms with van der Waals surface area (Å²) < 4.78 is 0. The van der Waals surface area contributed by atoms with Crippen LogP contribution < -0.4 is 5.32 Å². The van der Waals surface area contributed by atoms with Crippen molar-refractivity contribution in [2.24, 2.45) is 0 Å². The lowest BCUT2D eigenvalue weighted by molar-refractivity contribution is -0.385. The highest BCUT2D eigenvalue weighted by atomic mass is 32.1. The van der Waals surface area contributed by atoms with Gasteiger partial charge >= 0.3 is 0 Å². The third kappa shape index (κ3) is 3.70. The number of nitrogens with zero attached hydrogens (tertiary/aromatic N) is 3. The Hall–Kier alpha value is -2.95. The molecule has 0 bridgehead atoms. The number of rotatable bonds is 5. The molecule has 0 saturated carbocycles. The monoisotopic (exact) mass is 428 g/mol. The van der Waals surface area contributed by atoms with Gasteiger partial charge in [-0.3, -0.25) is 20.2 Å². The minimum Gasteiger partial charge on any atom is -0.296 e. The summed E-state index contributed by atoms with van der Waals surface area (Å²) in [5.74, 6) is -0.339. The van der Waals surface area contributed by atoms with Gasteiger partial charge < -0.3 is 0 Å². The van der Waals surface area contributed by atoms with Gasteiger partial charge in [0, 0.05) is 38.9 Å². The van der Waals surface area contributed by atoms with Gasteiger partial charge in [-0.25, -0.2) is 9.97 Å². The van der Waals surface area contributed by atoms with Crippen molar-refractivity contribution in [3.05, 3.63) is 67.2 Å². The maximum Gasteiger partial charge on any atom is 0.276 e. The molecule has 7 nitrogen and oxygen atoms in total. The second-order valence-electron chi connectivity index (χ2n) is 5.80. The molecule has 0 aliphatic carbocycles. The molecular formula is C18H12N4O3S3. The molecular weight excluding hydrogens is 416 g/mol. The summed E-state index contributed by atoms with van der Waals surface area (Å²) in [5, 5.41) is 22.5. The number of nitro groups is 1. The molecule has 1 aromatic carbocycles. The minimum absolute atomic E-state index is 0.0412. The van der Waals surface area contributed by atoms with E-state index in [1.54, 1.807) is 41.2 Å². The number of aryl methyl sites for hydroxylation is 1. The number of aromatic nitrogens is 2. The quantitative estimate of drug-likeness (QED) is 0.336. The van der Waals surface area contributed by atoms with Crippen LogP contribution in [0.1, 0.15) is 16.1 Å². The number of hydrogen-bond donors (Lipinski definition) is 1. The van der Waals surface area contributed by atoms with Gasteiger partial charge in [-0.2, -0.15) is 11.3 Å². The van der Waals surface area contributed by atoms with Gasteiger partial charge in [0.2, 0.25) is 0 Å². The van der Waals surface area contributed by atoms with E-state index in [0.717, 1.165) is 10.6 Å². The summed E-state index contributed by atoms with van der Waals surface area (Å²) in [6.07, 6.45) is 0. The van der Waals surface area contributed by atoms with Gasteiger partial charge in [-0.15, -0.1) is 22.7 Å². The van der Waals surface area contributed by atoms with Gasteiger partial charge in [0.25, 0.3) is 11.6 Å². The number of nitro benzene ring substituents is 1. The Labute approximate surface area is 171 Å². The van der Waals surface area contributed by atoms with Crippen LogP contribution in [-0.2, 0) is 0 Å². The number of benzene rings is 1. The number of nitrogens with one attached hydrogen (secondary N) is 1. The summed E-state index contributed by atoms with van der Waals surface area (Å²) >= 11 is 4.24. The smallest absolute Gasteiger partial charge is 0.276 e. The Morgan fingerprint density at radius 3 is 2.71 bits per heavy atom. The van der Waals surface area contributed by atoms with Crippen LogP contribution in [-0.4, -0.2) is 20.8 Å². The van der Waals surface area contributed by atoms with Gasteiger partial charge in [0.05, 0.1) is 10.6 Å². The molecule has 3 heterocycles. The lowest BCUT2D eigenvalue weighted by Gasteiger charge is -2.00. The highest BCUT2D eigenvalue weighted by molar-refractivity contribution is 7.14. The number of hydrogen-bond acceptors (Lipinski definition) is 8. The van der Waals surface area contributed by atoms with Crippen molar-refractivity contribution in [3.63, 3.8) is 0 Å². The zero-order valence-electron chi connectivity index (χ0n) is 14.4. The number of thiazole rings is 2. The number of thiophene rings is 1. The first-order chi connectivity index (χ1) is 13.5. The van der Waals surface area contributed by atoms with Gasteiger partial charge in [0.15, 0.2) is 5.13 Å². The summed E-state index contributed by atoms with van der Waals surface area (Å²) in [5.41, 5.74) is 3.14. The summed E-state index contributed by atoms with van der Waals surface area (Å²) in [4.78, 5) is 31.9. The fourth-order valence-corrected chi connectivity index (χ4v) is 4.71. The van der Waals surface area contributed by atoms with Crippen molar-refractivity contribution in [3.8, 4) is 21.8 Å². The van der Waals surface area contributed by atoms with E-state index in [4.69, 9.17) is 0 Å². The number of carbonyl (C=O) groups excluding carboxylic acids is 1. The molecule has 0 saturated heterocycles. The molecule has 0 atom stereocenters. The first-order valence-electron chi connectivity index (χ1n) is 8.01. The van der Waals surface area contributed by atoms with Crippen LogP contribution in [0.15, 0.2) is 45.8 Å². The van der Waals surface area contributed by atoms with Crippen LogP contribution in [0.2, 0.25) is 0 Å². The number of carbonyl (C=O) groups is 1. The Kier molecular flexibility index (Phi) is 4.99. The molecule has 0 aliphatic heterocycles. The lowest BCUT2D eigenvalue weighted by Crippen LogP contribution is -2.12. The van der Waals surface area contributed by atoms with Crippen molar-refractivity contribution in [2.75, 3.05) is 5.32 Å². The SMILES string of the molecule is Cc1ccc(-c2csc(NC(=O)c3csc(-c4ccsc4)n3)n2)cc1[N+](=O)[O-]. The molecule has 1 amide bonds. The second-order valence-corrected chi connectivity index (χ2v) is 8.30. The fourth-order valence-electron chi connectivity index (χ4n) is 2.49. The van der Waals surface area contributed by atoms with Crippen LogP contribution >= 0.6 is 34.0 Å². The molecule has 0 unspecified atom stereocenters. The highest BCUT2D eigenvalue weighted by Crippen LogP contribution is 2.30. The van der Waals surface area contributed by atoms with E-state index in [1.165, 1.54) is 28.7 Å². The predicted octanol–water partition coefficient (Wildman–Crippen LogP) is 5.46. The standard InChI is InChI=1S/C18H12N4O3S3/c1-10-2-3-11(6-15(10)22(24)25)13-8-28-18(20-13)21-16(23)14-9-27-17(19-14)12-4-5-26-7-12/h2-9H,1H3,(H,20,21,23). The summed E-state index contributed by atoms with van der Waals surface area (Å²) in [6, 6.07) is 6.91. The lowest BCUT2D eigenvalue weighted by atomic mass is 10.1. The summed E-state index contributed by atoms with van der Waals surface area (Å²) in [6.45, 7) is 1.69. The Morgan fingerprint density at radius 1 is 1.11 bits per heavy atom. The molecule has 0 spiro atoms. The fraction of sp³-hybridized carbons (Fsp3) is 0.0556. The molecule has 0 fully saturated rings. The molecule has 10 heteroatoms. The van der Waals surface area contributed by atoms with Crippen LogP contribution in [0.4, 0.5) is 10.8 Å². The maximum atomic E-state index is 12.4. The average Bonchev–Trinajstić information content (AvgIpc) is 3.42. The van der Waals surface area contributed by atoms with E-state index in [9.17, 15) is 14.9 Å². The first kappa shape index (κ1) is 18.4. The summed E-state index contributed by atoms with van der Waals surface area (Å²) in [7, 11) is 0. The third-order valence-electron chi connectivity index (χ3n) is 3.93. The van der Waals surface area contributed by atoms with Crippen molar-refractivity contribution in [2.45, 2.75) is 6.92 Å². The number of anilines is 1. The number of amides is 1. The highest BCUT2D eigenvalue weighted by Gasteiger charge is 2.16. The molecule has 4 aromatic rings. The molecule has 0 radical (unpaired) electrons. The topological polar surface area (TPSA) is 98.0 Å². The van der Waals surface area contributed by atoms with Crippen LogP contribution in [0.5, 0.6) is 0 Å². The van der Waals surface area contributed by atoms with Crippen LogP contribution in [0, 0.1) is 17.0 Å². The van der Waals surface area contributed by atoms with E-state index < -0.39 is 4.92 Å². The molecule has 140 valence electrons. The minimum atomic E-state index is -0.415. The first-order valence-corrected chi connectivity index (χ1v) is 10.7. The molecule has 0 aliphatic rings. The molecule has 1 N–H and O–H groups in total. The van der Waals surface area contributed by atoms with Crippen molar-refractivity contribution >= 4 is 50.7 Å². The van der Waals surface area contributed by atoms with Crippen LogP contribution in [0.3, 0.4) is 0 Å². The van der Waals surface area contributed by atoms with Crippen molar-refractivity contribution < 1.29 is 9.72 Å². The van der Waals surface area contributed by atoms with Gasteiger partial charge in [-0.1, -0.05) is 12.1 Å². The zero-order chi connectivity index (χ0) is 19.7. The molecule has 4 rings (SSSR count). The van der Waals surface area contributed by atoms with E-state index in [1.807, 2.05) is 16.8 Å². The van der Waals surface area contributed by atoms with Gasteiger partial charge in [-0.05, 0) is 18.4 Å². The van der Waals surface area contributed by atoms with Crippen molar-refractivity contribution in [1.82, 2.24) is 9.97 Å². The maximum absolute atomic E-state index is 12.4. The Bertz CT molecular complexity index is 1160. The third-order valence-corrected chi connectivity index (χ3v) is 6.26.